The summed E-state index contributed by atoms with van der Waals surface area (Å²) in [4.78, 5) is 19.0. The lowest BCUT2D eigenvalue weighted by Gasteiger charge is -2.42. The highest BCUT2D eigenvalue weighted by Crippen LogP contribution is 2.50. The van der Waals surface area contributed by atoms with E-state index in [4.69, 9.17) is 5.73 Å². The van der Waals surface area contributed by atoms with Gasteiger partial charge in [-0.25, -0.2) is 15.0 Å². The summed E-state index contributed by atoms with van der Waals surface area (Å²) in [6.07, 6.45) is 9.62. The largest absolute Gasteiger partial charge is 0.479 e. The highest BCUT2D eigenvalue weighted by molar-refractivity contribution is 5.66. The second-order valence-corrected chi connectivity index (χ2v) is 8.54. The number of benzene rings is 1. The molecule has 3 heterocycles. The van der Waals surface area contributed by atoms with Crippen molar-refractivity contribution in [1.29, 1.82) is 0 Å². The van der Waals surface area contributed by atoms with Crippen LogP contribution in [0.3, 0.4) is 0 Å². The van der Waals surface area contributed by atoms with E-state index in [9.17, 15) is 10.2 Å². The van der Waals surface area contributed by atoms with Gasteiger partial charge in [-0.2, -0.15) is 4.98 Å². The van der Waals surface area contributed by atoms with Crippen LogP contribution >= 0.6 is 0 Å². The van der Waals surface area contributed by atoms with Crippen molar-refractivity contribution in [2.75, 3.05) is 18.0 Å². The van der Waals surface area contributed by atoms with Crippen molar-refractivity contribution in [3.63, 3.8) is 0 Å². The van der Waals surface area contributed by atoms with Crippen LogP contribution in [0.25, 0.3) is 12.2 Å². The van der Waals surface area contributed by atoms with Crippen LogP contribution in [0, 0.1) is 5.41 Å². The number of fused-ring (bicyclic) bond motifs is 1. The van der Waals surface area contributed by atoms with Crippen molar-refractivity contribution < 1.29 is 10.2 Å². The number of piperidine rings is 1. The van der Waals surface area contributed by atoms with Crippen molar-refractivity contribution >= 4 is 18.0 Å². The topological polar surface area (TPSA) is 121 Å². The molecular weight excluding hydrogens is 404 g/mol. The van der Waals surface area contributed by atoms with Gasteiger partial charge in [0.2, 0.25) is 0 Å². The molecule has 1 aliphatic carbocycles. The average molecular weight is 431 g/mol. The molecule has 0 unspecified atom stereocenters. The highest BCUT2D eigenvalue weighted by atomic mass is 16.3. The van der Waals surface area contributed by atoms with Gasteiger partial charge in [0, 0.05) is 25.3 Å². The quantitative estimate of drug-likeness (QED) is 0.577. The summed E-state index contributed by atoms with van der Waals surface area (Å²) < 4.78 is 0. The van der Waals surface area contributed by atoms with E-state index in [0.29, 0.717) is 17.1 Å². The van der Waals surface area contributed by atoms with Crippen molar-refractivity contribution in [3.8, 4) is 6.01 Å². The van der Waals surface area contributed by atoms with Gasteiger partial charge in [0.05, 0.1) is 24.2 Å². The molecule has 1 aliphatic heterocycles. The Morgan fingerprint density at radius 3 is 2.59 bits per heavy atom. The Morgan fingerprint density at radius 2 is 1.84 bits per heavy atom. The SMILES string of the molecule is N[C@@H]1c2ccccc2CC12CCN(c1ncc(/C=C\c3ccnc(O)n3)nc1CO)CC2. The molecule has 32 heavy (non-hydrogen) atoms. The number of rotatable bonds is 4. The number of hydrogen-bond acceptors (Lipinski definition) is 8. The number of nitrogens with two attached hydrogens (primary N) is 1. The maximum absolute atomic E-state index is 9.93. The molecule has 1 aromatic carbocycles. The molecule has 1 fully saturated rings. The standard InChI is InChI=1S/C24H26N6O2/c25-21-19-4-2-1-3-16(19)13-24(21)8-11-30(12-9-24)22-20(15-31)28-18(14-27-22)6-5-17-7-10-26-23(32)29-17/h1-7,10,14,21,31H,8-9,11-13,15,25H2,(H,26,29,32)/b6-5-/t21-/m1/s1. The molecule has 0 saturated carbocycles. The first kappa shape index (κ1) is 20.5. The molecule has 1 saturated heterocycles. The molecule has 5 rings (SSSR count). The number of aromatic nitrogens is 4. The van der Waals surface area contributed by atoms with E-state index in [1.165, 1.54) is 17.3 Å². The van der Waals surface area contributed by atoms with Gasteiger partial charge in [-0.3, -0.25) is 0 Å². The zero-order valence-electron chi connectivity index (χ0n) is 17.7. The lowest BCUT2D eigenvalue weighted by atomic mass is 9.73. The minimum atomic E-state index is -0.280. The lowest BCUT2D eigenvalue weighted by molar-refractivity contribution is 0.186. The van der Waals surface area contributed by atoms with E-state index in [1.807, 2.05) is 0 Å². The molecule has 1 atom stereocenters. The summed E-state index contributed by atoms with van der Waals surface area (Å²) in [7, 11) is 0. The predicted octanol–water partition coefficient (Wildman–Crippen LogP) is 2.48. The van der Waals surface area contributed by atoms with Gasteiger partial charge in [-0.05, 0) is 54.0 Å². The summed E-state index contributed by atoms with van der Waals surface area (Å²) in [5.74, 6) is 0.725. The number of aliphatic hydroxyl groups excluding tert-OH is 1. The molecule has 2 aliphatic rings. The van der Waals surface area contributed by atoms with Gasteiger partial charge < -0.3 is 20.8 Å². The Morgan fingerprint density at radius 1 is 1.06 bits per heavy atom. The first-order valence-corrected chi connectivity index (χ1v) is 10.8. The second kappa shape index (κ2) is 8.29. The van der Waals surface area contributed by atoms with E-state index < -0.39 is 0 Å². The molecule has 8 heteroatoms. The van der Waals surface area contributed by atoms with E-state index in [-0.39, 0.29) is 24.1 Å². The molecule has 1 spiro atoms. The van der Waals surface area contributed by atoms with Gasteiger partial charge in [-0.1, -0.05) is 24.3 Å². The number of anilines is 1. The molecule has 0 amide bonds. The average Bonchev–Trinajstić information content (AvgIpc) is 3.09. The van der Waals surface area contributed by atoms with Crippen LogP contribution in [0.2, 0.25) is 0 Å². The Bertz CT molecular complexity index is 1160. The minimum Gasteiger partial charge on any atom is -0.479 e. The monoisotopic (exact) mass is 430 g/mol. The van der Waals surface area contributed by atoms with Gasteiger partial charge >= 0.3 is 6.01 Å². The Hall–Kier alpha value is -3.36. The van der Waals surface area contributed by atoms with Crippen molar-refractivity contribution in [2.45, 2.75) is 31.9 Å². The zero-order chi connectivity index (χ0) is 22.1. The highest BCUT2D eigenvalue weighted by Gasteiger charge is 2.46. The number of aliphatic hydroxyl groups is 1. The molecule has 164 valence electrons. The molecule has 3 aromatic rings. The minimum absolute atomic E-state index is 0.0676. The molecule has 0 bridgehead atoms. The number of aromatic hydroxyl groups is 1. The first-order chi connectivity index (χ1) is 15.6. The van der Waals surface area contributed by atoms with Gasteiger partial charge in [0.15, 0.2) is 5.82 Å². The summed E-state index contributed by atoms with van der Waals surface area (Å²) in [5, 5.41) is 19.3. The van der Waals surface area contributed by atoms with Crippen LogP contribution in [0.1, 0.15) is 47.1 Å². The summed E-state index contributed by atoms with van der Waals surface area (Å²) in [6.45, 7) is 1.47. The van der Waals surface area contributed by atoms with Crippen LogP contribution in [0.4, 0.5) is 5.82 Å². The van der Waals surface area contributed by atoms with E-state index in [0.717, 1.165) is 38.2 Å². The van der Waals surface area contributed by atoms with Crippen LogP contribution < -0.4 is 10.6 Å². The van der Waals surface area contributed by atoms with Gasteiger partial charge in [0.1, 0.15) is 5.69 Å². The van der Waals surface area contributed by atoms with Gasteiger partial charge in [0.25, 0.3) is 0 Å². The maximum Gasteiger partial charge on any atom is 0.314 e. The third kappa shape index (κ3) is 3.72. The Balaban J connectivity index is 1.31. The van der Waals surface area contributed by atoms with Gasteiger partial charge in [-0.15, -0.1) is 0 Å². The fourth-order valence-electron chi connectivity index (χ4n) is 4.98. The summed E-state index contributed by atoms with van der Waals surface area (Å²) in [5.41, 5.74) is 11.2. The van der Waals surface area contributed by atoms with Crippen LogP contribution in [0.15, 0.2) is 42.7 Å². The van der Waals surface area contributed by atoms with E-state index in [1.54, 1.807) is 24.4 Å². The van der Waals surface area contributed by atoms with Crippen molar-refractivity contribution in [1.82, 2.24) is 19.9 Å². The molecule has 4 N–H and O–H groups in total. The first-order valence-electron chi connectivity index (χ1n) is 10.8. The second-order valence-electron chi connectivity index (χ2n) is 8.54. The Kier molecular flexibility index (Phi) is 5.32. The summed E-state index contributed by atoms with van der Waals surface area (Å²) in [6, 6.07) is 9.98. The third-order valence-electron chi connectivity index (χ3n) is 6.73. The molecule has 8 nitrogen and oxygen atoms in total. The number of hydrogen-bond donors (Lipinski definition) is 3. The molecule has 2 aromatic heterocycles. The van der Waals surface area contributed by atoms with Crippen molar-refractivity contribution in [2.24, 2.45) is 11.1 Å². The zero-order valence-corrected chi connectivity index (χ0v) is 17.7. The lowest BCUT2D eigenvalue weighted by Crippen LogP contribution is -2.45. The predicted molar refractivity (Wildman–Crippen MR) is 122 cm³/mol. The third-order valence-corrected chi connectivity index (χ3v) is 6.73. The molecular formula is C24H26N6O2. The maximum atomic E-state index is 9.93. The van der Waals surface area contributed by atoms with Crippen LogP contribution in [0.5, 0.6) is 6.01 Å². The number of nitrogens with zero attached hydrogens (tertiary/aromatic N) is 5. The molecule has 0 radical (unpaired) electrons. The fourth-order valence-corrected chi connectivity index (χ4v) is 4.98. The summed E-state index contributed by atoms with van der Waals surface area (Å²) >= 11 is 0. The Labute approximate surface area is 186 Å². The van der Waals surface area contributed by atoms with Crippen LogP contribution in [-0.2, 0) is 13.0 Å². The fraction of sp³-hybridized carbons (Fsp3) is 0.333. The normalized spacial score (nSPS) is 19.6. The van der Waals surface area contributed by atoms with Crippen LogP contribution in [-0.4, -0.2) is 43.2 Å². The smallest absolute Gasteiger partial charge is 0.314 e. The van der Waals surface area contributed by atoms with E-state index in [2.05, 4.69) is 49.1 Å². The van der Waals surface area contributed by atoms with Crippen molar-refractivity contribution in [3.05, 3.63) is 70.9 Å². The van der Waals surface area contributed by atoms with E-state index >= 15 is 0 Å².